The number of hydrogen-bond donors (Lipinski definition) is 1. The Balaban J connectivity index is 2.58. The highest BCUT2D eigenvalue weighted by atomic mass is 19.1. The largest absolute Gasteiger partial charge is 0.310 e. The van der Waals surface area contributed by atoms with Crippen LogP contribution in [0.15, 0.2) is 18.2 Å². The zero-order valence-corrected chi connectivity index (χ0v) is 13.5. The van der Waals surface area contributed by atoms with Crippen LogP contribution in [-0.2, 0) is 6.42 Å². The maximum Gasteiger partial charge on any atom is 0.123 e. The van der Waals surface area contributed by atoms with E-state index in [1.807, 2.05) is 31.5 Å². The van der Waals surface area contributed by atoms with Gasteiger partial charge in [-0.05, 0) is 63.1 Å². The molecule has 0 fully saturated rings. The summed E-state index contributed by atoms with van der Waals surface area (Å²) in [5.41, 5.74) is 5.32. The van der Waals surface area contributed by atoms with Gasteiger partial charge < -0.3 is 5.32 Å². The molecule has 0 bridgehead atoms. The van der Waals surface area contributed by atoms with Crippen LogP contribution in [0, 0.1) is 19.7 Å². The van der Waals surface area contributed by atoms with Gasteiger partial charge in [-0.25, -0.2) is 9.07 Å². The lowest BCUT2D eigenvalue weighted by Crippen LogP contribution is -2.20. The van der Waals surface area contributed by atoms with Gasteiger partial charge in [-0.15, -0.1) is 0 Å². The number of nitrogens with one attached hydrogen (secondary N) is 1. The molecular weight excluding hydrogens is 265 g/mol. The van der Waals surface area contributed by atoms with E-state index in [4.69, 9.17) is 0 Å². The Morgan fingerprint density at radius 1 is 1.29 bits per heavy atom. The SMILES string of the molecule is CCNC(C)c1cc(F)ccc1-n1nc(C)c(CC)c1C. The lowest BCUT2D eigenvalue weighted by Gasteiger charge is -2.18. The molecular formula is C17H24FN3. The number of benzene rings is 1. The van der Waals surface area contributed by atoms with Crippen LogP contribution in [0.2, 0.25) is 0 Å². The summed E-state index contributed by atoms with van der Waals surface area (Å²) in [5.74, 6) is -0.212. The van der Waals surface area contributed by atoms with Crippen molar-refractivity contribution < 1.29 is 4.39 Å². The van der Waals surface area contributed by atoms with E-state index in [0.29, 0.717) is 0 Å². The molecule has 1 aromatic heterocycles. The van der Waals surface area contributed by atoms with E-state index >= 15 is 0 Å². The molecule has 114 valence electrons. The van der Waals surface area contributed by atoms with Gasteiger partial charge in [0.1, 0.15) is 5.82 Å². The Labute approximate surface area is 126 Å². The van der Waals surface area contributed by atoms with Crippen LogP contribution in [0.5, 0.6) is 0 Å². The van der Waals surface area contributed by atoms with Crippen LogP contribution in [0.3, 0.4) is 0 Å². The number of hydrogen-bond acceptors (Lipinski definition) is 2. The topological polar surface area (TPSA) is 29.9 Å². The van der Waals surface area contributed by atoms with Gasteiger partial charge in [0.05, 0.1) is 11.4 Å². The van der Waals surface area contributed by atoms with E-state index in [-0.39, 0.29) is 11.9 Å². The van der Waals surface area contributed by atoms with Crippen molar-refractivity contribution in [2.45, 2.75) is 47.1 Å². The van der Waals surface area contributed by atoms with Crippen molar-refractivity contribution in [1.82, 2.24) is 15.1 Å². The predicted octanol–water partition coefficient (Wildman–Crippen LogP) is 3.86. The van der Waals surface area contributed by atoms with E-state index < -0.39 is 0 Å². The van der Waals surface area contributed by atoms with E-state index in [1.165, 1.54) is 11.6 Å². The summed E-state index contributed by atoms with van der Waals surface area (Å²) < 4.78 is 15.6. The third-order valence-corrected chi connectivity index (χ3v) is 3.99. The summed E-state index contributed by atoms with van der Waals surface area (Å²) in [6, 6.07) is 5.00. The Morgan fingerprint density at radius 2 is 2.00 bits per heavy atom. The van der Waals surface area contributed by atoms with Crippen LogP contribution in [0.1, 0.15) is 49.3 Å². The molecule has 4 heteroatoms. The number of aromatic nitrogens is 2. The van der Waals surface area contributed by atoms with Crippen LogP contribution < -0.4 is 5.32 Å². The van der Waals surface area contributed by atoms with Crippen LogP contribution in [-0.4, -0.2) is 16.3 Å². The molecule has 1 aromatic carbocycles. The summed E-state index contributed by atoms with van der Waals surface area (Å²) in [7, 11) is 0. The fourth-order valence-electron chi connectivity index (χ4n) is 2.90. The third-order valence-electron chi connectivity index (χ3n) is 3.99. The van der Waals surface area contributed by atoms with Gasteiger partial charge in [-0.2, -0.15) is 5.10 Å². The minimum Gasteiger partial charge on any atom is -0.310 e. The molecule has 0 saturated carbocycles. The molecule has 1 N–H and O–H groups in total. The van der Waals surface area contributed by atoms with Crippen LogP contribution in [0.4, 0.5) is 4.39 Å². The highest BCUT2D eigenvalue weighted by molar-refractivity contribution is 5.45. The zero-order valence-electron chi connectivity index (χ0n) is 13.5. The Bertz CT molecular complexity index is 631. The van der Waals surface area contributed by atoms with E-state index in [0.717, 1.165) is 35.6 Å². The van der Waals surface area contributed by atoms with Gasteiger partial charge in [0, 0.05) is 11.7 Å². The molecule has 0 aliphatic heterocycles. The van der Waals surface area contributed by atoms with Crippen LogP contribution >= 0.6 is 0 Å². The quantitative estimate of drug-likeness (QED) is 0.905. The highest BCUT2D eigenvalue weighted by Crippen LogP contribution is 2.26. The van der Waals surface area contributed by atoms with Crippen molar-refractivity contribution in [2.24, 2.45) is 0 Å². The monoisotopic (exact) mass is 289 g/mol. The standard InChI is InChI=1S/C17H24FN3/c1-6-15-12(4)20-21(13(15)5)17-9-8-14(18)10-16(17)11(3)19-7-2/h8-11,19H,6-7H2,1-5H3. The van der Waals surface area contributed by atoms with Gasteiger partial charge in [0.15, 0.2) is 0 Å². The molecule has 2 rings (SSSR count). The molecule has 0 saturated heterocycles. The molecule has 1 atom stereocenters. The average Bonchev–Trinajstić information content (AvgIpc) is 2.73. The lowest BCUT2D eigenvalue weighted by molar-refractivity contribution is 0.577. The molecule has 1 unspecified atom stereocenters. The smallest absolute Gasteiger partial charge is 0.123 e. The first-order valence-corrected chi connectivity index (χ1v) is 7.57. The highest BCUT2D eigenvalue weighted by Gasteiger charge is 2.17. The minimum absolute atomic E-state index is 0.0784. The van der Waals surface area contributed by atoms with Crippen molar-refractivity contribution in [3.05, 3.63) is 46.5 Å². The van der Waals surface area contributed by atoms with Gasteiger partial charge in [0.2, 0.25) is 0 Å². The first-order valence-electron chi connectivity index (χ1n) is 7.57. The third kappa shape index (κ3) is 3.00. The van der Waals surface area contributed by atoms with E-state index in [2.05, 4.69) is 24.3 Å². The molecule has 21 heavy (non-hydrogen) atoms. The summed E-state index contributed by atoms with van der Waals surface area (Å²) in [4.78, 5) is 0. The number of aryl methyl sites for hydroxylation is 1. The summed E-state index contributed by atoms with van der Waals surface area (Å²) in [6.45, 7) is 11.2. The van der Waals surface area contributed by atoms with Crippen molar-refractivity contribution >= 4 is 0 Å². The molecule has 1 heterocycles. The molecule has 0 radical (unpaired) electrons. The average molecular weight is 289 g/mol. The van der Waals surface area contributed by atoms with Crippen LogP contribution in [0.25, 0.3) is 5.69 Å². The van der Waals surface area contributed by atoms with Crippen molar-refractivity contribution in [3.63, 3.8) is 0 Å². The van der Waals surface area contributed by atoms with Gasteiger partial charge in [-0.1, -0.05) is 13.8 Å². The number of nitrogens with zero attached hydrogens (tertiary/aromatic N) is 2. The maximum absolute atomic E-state index is 13.7. The first kappa shape index (κ1) is 15.7. The molecule has 2 aromatic rings. The molecule has 3 nitrogen and oxygen atoms in total. The molecule has 0 amide bonds. The first-order chi connectivity index (χ1) is 9.99. The van der Waals surface area contributed by atoms with Gasteiger partial charge in [0.25, 0.3) is 0 Å². The molecule has 0 spiro atoms. The lowest BCUT2D eigenvalue weighted by atomic mass is 10.1. The van der Waals surface area contributed by atoms with E-state index in [9.17, 15) is 4.39 Å². The fourth-order valence-corrected chi connectivity index (χ4v) is 2.90. The summed E-state index contributed by atoms with van der Waals surface area (Å²) in [6.07, 6.45) is 0.955. The minimum atomic E-state index is -0.212. The van der Waals surface area contributed by atoms with E-state index in [1.54, 1.807) is 6.07 Å². The predicted molar refractivity (Wildman–Crippen MR) is 84.5 cm³/mol. The fraction of sp³-hybridized carbons (Fsp3) is 0.471. The zero-order chi connectivity index (χ0) is 15.6. The van der Waals surface area contributed by atoms with Gasteiger partial charge >= 0.3 is 0 Å². The van der Waals surface area contributed by atoms with Crippen molar-refractivity contribution in [1.29, 1.82) is 0 Å². The summed E-state index contributed by atoms with van der Waals surface area (Å²) in [5, 5.41) is 8.00. The Kier molecular flexibility index (Phi) is 4.78. The second kappa shape index (κ2) is 6.39. The second-order valence-corrected chi connectivity index (χ2v) is 5.40. The maximum atomic E-state index is 13.7. The van der Waals surface area contributed by atoms with Crippen molar-refractivity contribution in [3.8, 4) is 5.69 Å². The molecule has 0 aliphatic rings. The Morgan fingerprint density at radius 3 is 2.57 bits per heavy atom. The summed E-state index contributed by atoms with van der Waals surface area (Å²) >= 11 is 0. The Hall–Kier alpha value is -1.68. The molecule has 0 aliphatic carbocycles. The second-order valence-electron chi connectivity index (χ2n) is 5.40. The number of rotatable bonds is 5. The normalized spacial score (nSPS) is 12.7. The van der Waals surface area contributed by atoms with Crippen molar-refractivity contribution in [2.75, 3.05) is 6.54 Å². The number of halogens is 1. The van der Waals surface area contributed by atoms with Gasteiger partial charge in [-0.3, -0.25) is 0 Å².